The Balaban J connectivity index is 1.61. The third-order valence-corrected chi connectivity index (χ3v) is 4.71. The summed E-state index contributed by atoms with van der Waals surface area (Å²) in [7, 11) is 0. The number of guanidine groups is 1. The zero-order valence-corrected chi connectivity index (χ0v) is 15.2. The third kappa shape index (κ3) is 4.96. The van der Waals surface area contributed by atoms with Crippen LogP contribution in [0.5, 0.6) is 0 Å². The predicted octanol–water partition coefficient (Wildman–Crippen LogP) is 3.42. The molecule has 6 nitrogen and oxygen atoms in total. The van der Waals surface area contributed by atoms with E-state index >= 15 is 0 Å². The SMILES string of the molecule is Cc1noc(C)c1CN=C(NCCc1ccco1)NCc1cccs1. The van der Waals surface area contributed by atoms with E-state index in [1.54, 1.807) is 17.6 Å². The van der Waals surface area contributed by atoms with Gasteiger partial charge in [-0.1, -0.05) is 11.2 Å². The number of aliphatic imine (C=N–C) groups is 1. The Morgan fingerprint density at radius 2 is 2.16 bits per heavy atom. The van der Waals surface area contributed by atoms with Crippen molar-refractivity contribution in [1.82, 2.24) is 15.8 Å². The van der Waals surface area contributed by atoms with Gasteiger partial charge in [-0.3, -0.25) is 0 Å². The molecule has 0 aromatic carbocycles. The number of nitrogens with zero attached hydrogens (tertiary/aromatic N) is 2. The smallest absolute Gasteiger partial charge is 0.191 e. The quantitative estimate of drug-likeness (QED) is 0.500. The van der Waals surface area contributed by atoms with Crippen molar-refractivity contribution < 1.29 is 8.94 Å². The van der Waals surface area contributed by atoms with Crippen LogP contribution in [0.25, 0.3) is 0 Å². The van der Waals surface area contributed by atoms with Crippen molar-refractivity contribution in [3.8, 4) is 0 Å². The molecule has 132 valence electrons. The van der Waals surface area contributed by atoms with Crippen molar-refractivity contribution in [1.29, 1.82) is 0 Å². The van der Waals surface area contributed by atoms with Crippen LogP contribution in [-0.2, 0) is 19.5 Å². The first-order valence-corrected chi connectivity index (χ1v) is 9.09. The van der Waals surface area contributed by atoms with E-state index in [2.05, 4.69) is 32.2 Å². The lowest BCUT2D eigenvalue weighted by Gasteiger charge is -2.11. The van der Waals surface area contributed by atoms with Crippen LogP contribution in [-0.4, -0.2) is 17.7 Å². The normalized spacial score (nSPS) is 11.7. The molecule has 0 saturated carbocycles. The van der Waals surface area contributed by atoms with E-state index in [1.807, 2.05) is 32.0 Å². The largest absolute Gasteiger partial charge is 0.469 e. The molecule has 3 heterocycles. The average Bonchev–Trinajstić information content (AvgIpc) is 3.35. The van der Waals surface area contributed by atoms with Gasteiger partial charge in [0.1, 0.15) is 11.5 Å². The van der Waals surface area contributed by atoms with Gasteiger partial charge in [0.05, 0.1) is 25.0 Å². The van der Waals surface area contributed by atoms with Crippen LogP contribution in [0.1, 0.15) is 27.7 Å². The molecule has 0 atom stereocenters. The van der Waals surface area contributed by atoms with Gasteiger partial charge < -0.3 is 19.6 Å². The van der Waals surface area contributed by atoms with Crippen LogP contribution in [0.2, 0.25) is 0 Å². The second-order valence-corrected chi connectivity index (χ2v) is 6.69. The van der Waals surface area contributed by atoms with E-state index in [-0.39, 0.29) is 0 Å². The molecule has 0 aliphatic heterocycles. The second kappa shape index (κ2) is 8.53. The maximum absolute atomic E-state index is 5.37. The summed E-state index contributed by atoms with van der Waals surface area (Å²) in [5.74, 6) is 2.53. The molecule has 7 heteroatoms. The molecule has 0 spiro atoms. The standard InChI is InChI=1S/C18H22N4O2S/c1-13-17(14(2)24-22-13)12-21-18(20-11-16-6-4-10-25-16)19-8-7-15-5-3-9-23-15/h3-6,9-10H,7-8,11-12H2,1-2H3,(H2,19,20,21). The number of hydrogen-bond donors (Lipinski definition) is 2. The fraction of sp³-hybridized carbons (Fsp3) is 0.333. The van der Waals surface area contributed by atoms with E-state index < -0.39 is 0 Å². The van der Waals surface area contributed by atoms with Gasteiger partial charge in [-0.2, -0.15) is 0 Å². The van der Waals surface area contributed by atoms with E-state index in [0.717, 1.165) is 48.2 Å². The summed E-state index contributed by atoms with van der Waals surface area (Å²) in [6.45, 7) is 5.86. The van der Waals surface area contributed by atoms with Crippen LogP contribution in [0.4, 0.5) is 0 Å². The highest BCUT2D eigenvalue weighted by Crippen LogP contribution is 2.13. The minimum atomic E-state index is 0.529. The van der Waals surface area contributed by atoms with Crippen molar-refractivity contribution in [3.63, 3.8) is 0 Å². The van der Waals surface area contributed by atoms with Crippen molar-refractivity contribution in [2.45, 2.75) is 33.4 Å². The van der Waals surface area contributed by atoms with Gasteiger partial charge in [0.25, 0.3) is 0 Å². The molecule has 0 unspecified atom stereocenters. The minimum Gasteiger partial charge on any atom is -0.469 e. The molecule has 0 aliphatic carbocycles. The molecule has 0 aliphatic rings. The van der Waals surface area contributed by atoms with Gasteiger partial charge in [0.15, 0.2) is 5.96 Å². The van der Waals surface area contributed by atoms with E-state index in [4.69, 9.17) is 8.94 Å². The van der Waals surface area contributed by atoms with Crippen LogP contribution in [0.3, 0.4) is 0 Å². The van der Waals surface area contributed by atoms with Crippen molar-refractivity contribution in [2.75, 3.05) is 6.54 Å². The highest BCUT2D eigenvalue weighted by molar-refractivity contribution is 7.09. The van der Waals surface area contributed by atoms with Gasteiger partial charge in [-0.05, 0) is 37.4 Å². The van der Waals surface area contributed by atoms with E-state index in [1.165, 1.54) is 4.88 Å². The minimum absolute atomic E-state index is 0.529. The fourth-order valence-corrected chi connectivity index (χ4v) is 3.05. The Kier molecular flexibility index (Phi) is 5.90. The lowest BCUT2D eigenvalue weighted by Crippen LogP contribution is -2.38. The lowest BCUT2D eigenvalue weighted by molar-refractivity contribution is 0.392. The van der Waals surface area contributed by atoms with Gasteiger partial charge in [-0.15, -0.1) is 11.3 Å². The summed E-state index contributed by atoms with van der Waals surface area (Å²) >= 11 is 1.72. The van der Waals surface area contributed by atoms with Crippen molar-refractivity contribution in [3.05, 3.63) is 63.6 Å². The summed E-state index contributed by atoms with van der Waals surface area (Å²) in [6, 6.07) is 8.03. The van der Waals surface area contributed by atoms with Crippen LogP contribution in [0, 0.1) is 13.8 Å². The van der Waals surface area contributed by atoms with Gasteiger partial charge in [0, 0.05) is 23.4 Å². The number of aromatic nitrogens is 1. The number of thiophene rings is 1. The molecule has 0 amide bonds. The van der Waals surface area contributed by atoms with E-state index in [9.17, 15) is 0 Å². The Morgan fingerprint density at radius 3 is 2.84 bits per heavy atom. The molecule has 0 radical (unpaired) electrons. The third-order valence-electron chi connectivity index (χ3n) is 3.83. The number of furan rings is 1. The number of rotatable bonds is 7. The number of hydrogen-bond acceptors (Lipinski definition) is 5. The predicted molar refractivity (Wildman–Crippen MR) is 98.7 cm³/mol. The summed E-state index contributed by atoms with van der Waals surface area (Å²) < 4.78 is 10.6. The Labute approximate surface area is 150 Å². The fourth-order valence-electron chi connectivity index (χ4n) is 2.40. The Hall–Kier alpha value is -2.54. The molecule has 3 aromatic rings. The van der Waals surface area contributed by atoms with Crippen molar-refractivity contribution >= 4 is 17.3 Å². The average molecular weight is 358 g/mol. The molecule has 2 N–H and O–H groups in total. The maximum Gasteiger partial charge on any atom is 0.191 e. The first-order chi connectivity index (χ1) is 12.2. The summed E-state index contributed by atoms with van der Waals surface area (Å²) in [5, 5.41) is 12.8. The topological polar surface area (TPSA) is 75.6 Å². The molecule has 3 aromatic heterocycles. The highest BCUT2D eigenvalue weighted by atomic mass is 32.1. The molecule has 25 heavy (non-hydrogen) atoms. The second-order valence-electron chi connectivity index (χ2n) is 5.66. The lowest BCUT2D eigenvalue weighted by atomic mass is 10.2. The molecule has 0 saturated heterocycles. The van der Waals surface area contributed by atoms with Crippen molar-refractivity contribution in [2.24, 2.45) is 4.99 Å². The Morgan fingerprint density at radius 1 is 1.24 bits per heavy atom. The zero-order valence-electron chi connectivity index (χ0n) is 14.4. The number of nitrogens with one attached hydrogen (secondary N) is 2. The molecule has 0 bridgehead atoms. The first kappa shape index (κ1) is 17.3. The van der Waals surface area contributed by atoms with Gasteiger partial charge >= 0.3 is 0 Å². The monoisotopic (exact) mass is 358 g/mol. The van der Waals surface area contributed by atoms with Gasteiger partial charge in [0.2, 0.25) is 0 Å². The van der Waals surface area contributed by atoms with Crippen LogP contribution < -0.4 is 10.6 Å². The van der Waals surface area contributed by atoms with E-state index in [0.29, 0.717) is 6.54 Å². The molecule has 0 fully saturated rings. The molecular weight excluding hydrogens is 336 g/mol. The Bertz CT molecular complexity index is 772. The highest BCUT2D eigenvalue weighted by Gasteiger charge is 2.09. The van der Waals surface area contributed by atoms with Crippen LogP contribution >= 0.6 is 11.3 Å². The number of aryl methyl sites for hydroxylation is 2. The zero-order chi connectivity index (χ0) is 17.5. The maximum atomic E-state index is 5.37. The molecule has 3 rings (SSSR count). The van der Waals surface area contributed by atoms with Crippen LogP contribution in [0.15, 0.2) is 49.8 Å². The summed E-state index contributed by atoms with van der Waals surface area (Å²) in [5.41, 5.74) is 1.91. The first-order valence-electron chi connectivity index (χ1n) is 8.21. The summed E-state index contributed by atoms with van der Waals surface area (Å²) in [4.78, 5) is 5.94. The summed E-state index contributed by atoms with van der Waals surface area (Å²) in [6.07, 6.45) is 2.49. The molecular formula is C18H22N4O2S. The van der Waals surface area contributed by atoms with Gasteiger partial charge in [-0.25, -0.2) is 4.99 Å².